The molecule has 1 amide bonds. The molecule has 0 fully saturated rings. The lowest BCUT2D eigenvalue weighted by Gasteiger charge is -2.06. The Morgan fingerprint density at radius 3 is 2.70 bits per heavy atom. The van der Waals surface area contributed by atoms with Crippen LogP contribution in [-0.4, -0.2) is 22.4 Å². The molecule has 2 aromatic rings. The van der Waals surface area contributed by atoms with Crippen molar-refractivity contribution < 1.29 is 4.79 Å². The molecule has 5 nitrogen and oxygen atoms in total. The molecular weight excluding hydrogens is 276 g/mol. The average Bonchev–Trinajstić information content (AvgIpc) is 2.45. The SMILES string of the molecule is CCCNc1ncc(C(=O)Nc2cccc(Cl)c2)cn1. The van der Waals surface area contributed by atoms with Crippen molar-refractivity contribution in [3.8, 4) is 0 Å². The Hall–Kier alpha value is -2.14. The number of benzene rings is 1. The van der Waals surface area contributed by atoms with Crippen LogP contribution in [0, 0.1) is 0 Å². The van der Waals surface area contributed by atoms with Gasteiger partial charge in [0.25, 0.3) is 5.91 Å². The zero-order chi connectivity index (χ0) is 14.4. The maximum absolute atomic E-state index is 12.0. The molecule has 20 heavy (non-hydrogen) atoms. The highest BCUT2D eigenvalue weighted by atomic mass is 35.5. The minimum Gasteiger partial charge on any atom is -0.354 e. The molecule has 0 bridgehead atoms. The molecule has 0 spiro atoms. The summed E-state index contributed by atoms with van der Waals surface area (Å²) in [6.07, 6.45) is 3.97. The maximum atomic E-state index is 12.0. The number of amides is 1. The van der Waals surface area contributed by atoms with E-state index in [1.807, 2.05) is 0 Å². The molecule has 0 saturated heterocycles. The van der Waals surface area contributed by atoms with Crippen molar-refractivity contribution in [2.45, 2.75) is 13.3 Å². The first-order valence-corrected chi connectivity index (χ1v) is 6.69. The maximum Gasteiger partial charge on any atom is 0.258 e. The van der Waals surface area contributed by atoms with E-state index in [1.54, 1.807) is 24.3 Å². The van der Waals surface area contributed by atoms with Crippen LogP contribution in [0.3, 0.4) is 0 Å². The summed E-state index contributed by atoms with van der Waals surface area (Å²) in [7, 11) is 0. The number of hydrogen-bond donors (Lipinski definition) is 2. The minimum absolute atomic E-state index is 0.269. The first-order valence-electron chi connectivity index (χ1n) is 6.32. The van der Waals surface area contributed by atoms with Gasteiger partial charge < -0.3 is 10.6 Å². The third-order valence-electron chi connectivity index (χ3n) is 2.53. The van der Waals surface area contributed by atoms with Crippen molar-refractivity contribution in [3.63, 3.8) is 0 Å². The fourth-order valence-corrected chi connectivity index (χ4v) is 1.73. The molecule has 0 unspecified atom stereocenters. The van der Waals surface area contributed by atoms with Crippen LogP contribution >= 0.6 is 11.6 Å². The monoisotopic (exact) mass is 290 g/mol. The highest BCUT2D eigenvalue weighted by Gasteiger charge is 2.07. The van der Waals surface area contributed by atoms with Gasteiger partial charge in [0.1, 0.15) is 0 Å². The Bertz CT molecular complexity index is 586. The fourth-order valence-electron chi connectivity index (χ4n) is 1.54. The number of nitrogens with zero attached hydrogens (tertiary/aromatic N) is 2. The van der Waals surface area contributed by atoms with E-state index in [0.29, 0.717) is 22.2 Å². The molecule has 6 heteroatoms. The Morgan fingerprint density at radius 2 is 2.05 bits per heavy atom. The number of halogens is 1. The number of aromatic nitrogens is 2. The summed E-state index contributed by atoms with van der Waals surface area (Å²) in [4.78, 5) is 20.2. The van der Waals surface area contributed by atoms with Gasteiger partial charge in [-0.3, -0.25) is 4.79 Å². The van der Waals surface area contributed by atoms with E-state index >= 15 is 0 Å². The third kappa shape index (κ3) is 3.93. The van der Waals surface area contributed by atoms with Gasteiger partial charge in [-0.2, -0.15) is 0 Å². The molecule has 104 valence electrons. The van der Waals surface area contributed by atoms with Gasteiger partial charge >= 0.3 is 0 Å². The number of carbonyl (C=O) groups is 1. The van der Waals surface area contributed by atoms with E-state index in [0.717, 1.165) is 13.0 Å². The lowest BCUT2D eigenvalue weighted by Crippen LogP contribution is -2.13. The second-order valence-electron chi connectivity index (χ2n) is 4.19. The van der Waals surface area contributed by atoms with Crippen molar-refractivity contribution >= 4 is 29.1 Å². The van der Waals surface area contributed by atoms with Crippen molar-refractivity contribution in [1.82, 2.24) is 9.97 Å². The summed E-state index contributed by atoms with van der Waals surface area (Å²) in [5.41, 5.74) is 1.03. The van der Waals surface area contributed by atoms with Gasteiger partial charge in [-0.15, -0.1) is 0 Å². The smallest absolute Gasteiger partial charge is 0.258 e. The molecule has 0 saturated carbocycles. The van der Waals surface area contributed by atoms with Crippen LogP contribution < -0.4 is 10.6 Å². The van der Waals surface area contributed by atoms with E-state index in [2.05, 4.69) is 27.5 Å². The fraction of sp³-hybridized carbons (Fsp3) is 0.214. The predicted octanol–water partition coefficient (Wildman–Crippen LogP) is 3.20. The first-order chi connectivity index (χ1) is 9.69. The predicted molar refractivity (Wildman–Crippen MR) is 80.2 cm³/mol. The lowest BCUT2D eigenvalue weighted by molar-refractivity contribution is 0.102. The second-order valence-corrected chi connectivity index (χ2v) is 4.62. The Balaban J connectivity index is 2.02. The molecule has 2 N–H and O–H groups in total. The Labute approximate surface area is 122 Å². The summed E-state index contributed by atoms with van der Waals surface area (Å²) >= 11 is 5.86. The highest BCUT2D eigenvalue weighted by molar-refractivity contribution is 6.30. The number of hydrogen-bond acceptors (Lipinski definition) is 4. The average molecular weight is 291 g/mol. The van der Waals surface area contributed by atoms with E-state index < -0.39 is 0 Å². The van der Waals surface area contributed by atoms with Crippen molar-refractivity contribution in [2.24, 2.45) is 0 Å². The summed E-state index contributed by atoms with van der Waals surface area (Å²) < 4.78 is 0. The molecule has 2 rings (SSSR count). The van der Waals surface area contributed by atoms with Crippen LogP contribution in [0.2, 0.25) is 5.02 Å². The quantitative estimate of drug-likeness (QED) is 0.887. The molecule has 0 aliphatic carbocycles. The van der Waals surface area contributed by atoms with Gasteiger partial charge in [-0.25, -0.2) is 9.97 Å². The zero-order valence-electron chi connectivity index (χ0n) is 11.1. The summed E-state index contributed by atoms with van der Waals surface area (Å²) in [5, 5.41) is 6.35. The second kappa shape index (κ2) is 6.86. The topological polar surface area (TPSA) is 66.9 Å². The van der Waals surface area contributed by atoms with E-state index in [-0.39, 0.29) is 5.91 Å². The van der Waals surface area contributed by atoms with Gasteiger partial charge in [-0.05, 0) is 24.6 Å². The molecule has 1 heterocycles. The zero-order valence-corrected chi connectivity index (χ0v) is 11.8. The number of rotatable bonds is 5. The molecule has 0 aliphatic rings. The largest absolute Gasteiger partial charge is 0.354 e. The highest BCUT2D eigenvalue weighted by Crippen LogP contribution is 2.15. The van der Waals surface area contributed by atoms with Crippen molar-refractivity contribution in [3.05, 3.63) is 47.2 Å². The van der Waals surface area contributed by atoms with Crippen molar-refractivity contribution in [1.29, 1.82) is 0 Å². The van der Waals surface area contributed by atoms with Crippen LogP contribution in [0.5, 0.6) is 0 Å². The van der Waals surface area contributed by atoms with Gasteiger partial charge in [0, 0.05) is 29.6 Å². The Kier molecular flexibility index (Phi) is 4.90. The van der Waals surface area contributed by atoms with Gasteiger partial charge in [-0.1, -0.05) is 24.6 Å². The molecule has 0 aliphatic heterocycles. The van der Waals surface area contributed by atoms with Gasteiger partial charge in [0.05, 0.1) is 5.56 Å². The molecule has 0 radical (unpaired) electrons. The standard InChI is InChI=1S/C14H15ClN4O/c1-2-6-16-14-17-8-10(9-18-14)13(20)19-12-5-3-4-11(15)7-12/h3-5,7-9H,2,6H2,1H3,(H,19,20)(H,16,17,18). The van der Waals surface area contributed by atoms with Gasteiger partial charge in [0.2, 0.25) is 5.95 Å². The van der Waals surface area contributed by atoms with Crippen molar-refractivity contribution in [2.75, 3.05) is 17.2 Å². The molecule has 1 aromatic carbocycles. The third-order valence-corrected chi connectivity index (χ3v) is 2.76. The Morgan fingerprint density at radius 1 is 1.30 bits per heavy atom. The summed E-state index contributed by atoms with van der Waals surface area (Å²) in [6, 6.07) is 6.96. The van der Waals surface area contributed by atoms with Gasteiger partial charge in [0.15, 0.2) is 0 Å². The summed E-state index contributed by atoms with van der Waals surface area (Å²) in [6.45, 7) is 2.86. The van der Waals surface area contributed by atoms with E-state index in [4.69, 9.17) is 11.6 Å². The number of carbonyl (C=O) groups excluding carboxylic acids is 1. The number of anilines is 2. The normalized spacial score (nSPS) is 10.1. The molecular formula is C14H15ClN4O. The number of nitrogens with one attached hydrogen (secondary N) is 2. The van der Waals surface area contributed by atoms with E-state index in [9.17, 15) is 4.79 Å². The molecule has 0 atom stereocenters. The van der Waals surface area contributed by atoms with Crippen LogP contribution in [0.4, 0.5) is 11.6 Å². The lowest BCUT2D eigenvalue weighted by atomic mass is 10.3. The van der Waals surface area contributed by atoms with Crippen LogP contribution in [0.1, 0.15) is 23.7 Å². The van der Waals surface area contributed by atoms with Crippen LogP contribution in [-0.2, 0) is 0 Å². The first kappa shape index (κ1) is 14.3. The minimum atomic E-state index is -0.269. The summed E-state index contributed by atoms with van der Waals surface area (Å²) in [5.74, 6) is 0.250. The van der Waals surface area contributed by atoms with Crippen LogP contribution in [0.15, 0.2) is 36.7 Å². The van der Waals surface area contributed by atoms with E-state index in [1.165, 1.54) is 12.4 Å². The van der Waals surface area contributed by atoms with Crippen LogP contribution in [0.25, 0.3) is 0 Å². The molecule has 1 aromatic heterocycles.